The lowest BCUT2D eigenvalue weighted by molar-refractivity contribution is -0.120. The molecule has 0 aliphatic heterocycles. The molecule has 0 spiro atoms. The van der Waals surface area contributed by atoms with Gasteiger partial charge in [-0.15, -0.1) is 0 Å². The number of methoxy groups -OCH3 is 2. The van der Waals surface area contributed by atoms with Crippen LogP contribution in [0.2, 0.25) is 0 Å². The molecule has 0 aliphatic carbocycles. The first-order valence-electron chi connectivity index (χ1n) is 6.10. The van der Waals surface area contributed by atoms with E-state index in [1.165, 1.54) is 0 Å². The molecule has 0 saturated heterocycles. The number of hydrogen-bond donors (Lipinski definition) is 1. The van der Waals surface area contributed by atoms with Crippen molar-refractivity contribution in [3.8, 4) is 11.5 Å². The van der Waals surface area contributed by atoms with E-state index in [0.717, 1.165) is 29.0 Å². The van der Waals surface area contributed by atoms with Crippen LogP contribution < -0.4 is 14.8 Å². The van der Waals surface area contributed by atoms with Gasteiger partial charge in [0.25, 0.3) is 0 Å². The third-order valence-corrected chi connectivity index (χ3v) is 2.72. The Morgan fingerprint density at radius 1 is 1.22 bits per heavy atom. The summed E-state index contributed by atoms with van der Waals surface area (Å²) in [5, 5.41) is 2.85. The molecule has 0 heterocycles. The van der Waals surface area contributed by atoms with Crippen molar-refractivity contribution >= 4 is 5.91 Å². The molecule has 4 heteroatoms. The monoisotopic (exact) mass is 251 g/mol. The molecule has 0 aliphatic rings. The molecule has 1 N–H and O–H groups in total. The number of nitrogens with one attached hydrogen (secondary N) is 1. The Bertz CT molecular complexity index is 416. The molecular formula is C14H21NO3. The first kappa shape index (κ1) is 14.4. The number of rotatable bonds is 6. The highest BCUT2D eigenvalue weighted by atomic mass is 16.5. The average molecular weight is 251 g/mol. The van der Waals surface area contributed by atoms with E-state index in [1.54, 1.807) is 14.2 Å². The first-order chi connectivity index (χ1) is 8.62. The summed E-state index contributed by atoms with van der Waals surface area (Å²) in [5.41, 5.74) is 1.83. The predicted octanol–water partition coefficient (Wildman–Crippen LogP) is 2.08. The largest absolute Gasteiger partial charge is 0.496 e. The van der Waals surface area contributed by atoms with Gasteiger partial charge in [-0.3, -0.25) is 4.79 Å². The highest BCUT2D eigenvalue weighted by Crippen LogP contribution is 2.28. The zero-order chi connectivity index (χ0) is 13.5. The van der Waals surface area contributed by atoms with Crippen LogP contribution in [0.15, 0.2) is 12.1 Å². The van der Waals surface area contributed by atoms with Crippen molar-refractivity contribution in [2.75, 3.05) is 20.8 Å². The lowest BCUT2D eigenvalue weighted by Crippen LogP contribution is -2.25. The van der Waals surface area contributed by atoms with Crippen molar-refractivity contribution in [2.24, 2.45) is 0 Å². The van der Waals surface area contributed by atoms with E-state index in [9.17, 15) is 4.79 Å². The summed E-state index contributed by atoms with van der Waals surface area (Å²) >= 11 is 0. The van der Waals surface area contributed by atoms with Gasteiger partial charge in [0.05, 0.1) is 20.6 Å². The third-order valence-electron chi connectivity index (χ3n) is 2.72. The molecule has 0 aromatic heterocycles. The minimum Gasteiger partial charge on any atom is -0.496 e. The topological polar surface area (TPSA) is 47.6 Å². The maximum atomic E-state index is 11.7. The minimum atomic E-state index is 0.000978. The average Bonchev–Trinajstić information content (AvgIpc) is 2.37. The Labute approximate surface area is 108 Å². The quantitative estimate of drug-likeness (QED) is 0.842. The molecule has 1 aromatic rings. The van der Waals surface area contributed by atoms with Crippen LogP contribution in [-0.4, -0.2) is 26.7 Å². The van der Waals surface area contributed by atoms with Gasteiger partial charge in [0, 0.05) is 12.1 Å². The van der Waals surface area contributed by atoms with Crippen molar-refractivity contribution in [3.05, 3.63) is 23.3 Å². The van der Waals surface area contributed by atoms with E-state index in [2.05, 4.69) is 5.32 Å². The molecule has 0 unspecified atom stereocenters. The summed E-state index contributed by atoms with van der Waals surface area (Å²) < 4.78 is 10.6. The third kappa shape index (κ3) is 3.65. The Morgan fingerprint density at radius 2 is 1.89 bits per heavy atom. The van der Waals surface area contributed by atoms with Gasteiger partial charge in [0.1, 0.15) is 11.5 Å². The van der Waals surface area contributed by atoms with Crippen molar-refractivity contribution < 1.29 is 14.3 Å². The number of aryl methyl sites for hydroxylation is 1. The Hall–Kier alpha value is -1.71. The van der Waals surface area contributed by atoms with Crippen LogP contribution in [0, 0.1) is 6.92 Å². The van der Waals surface area contributed by atoms with Crippen LogP contribution in [0.25, 0.3) is 0 Å². The minimum absolute atomic E-state index is 0.000978. The summed E-state index contributed by atoms with van der Waals surface area (Å²) in [6, 6.07) is 3.75. The fourth-order valence-corrected chi connectivity index (χ4v) is 1.75. The van der Waals surface area contributed by atoms with Gasteiger partial charge >= 0.3 is 0 Å². The molecule has 1 amide bonds. The fourth-order valence-electron chi connectivity index (χ4n) is 1.75. The molecule has 1 aromatic carbocycles. The molecule has 100 valence electrons. The van der Waals surface area contributed by atoms with Gasteiger partial charge in [-0.05, 0) is 31.0 Å². The van der Waals surface area contributed by atoms with E-state index in [0.29, 0.717) is 13.0 Å². The van der Waals surface area contributed by atoms with Crippen LogP contribution in [0.1, 0.15) is 24.5 Å². The summed E-state index contributed by atoms with van der Waals surface area (Å²) in [6.07, 6.45) is 1.24. The van der Waals surface area contributed by atoms with Crippen molar-refractivity contribution in [3.63, 3.8) is 0 Å². The lowest BCUT2D eigenvalue weighted by Gasteiger charge is -2.13. The second kappa shape index (κ2) is 6.89. The van der Waals surface area contributed by atoms with Gasteiger partial charge in [-0.1, -0.05) is 6.92 Å². The maximum absolute atomic E-state index is 11.7. The number of ether oxygens (including phenoxy) is 2. The molecule has 18 heavy (non-hydrogen) atoms. The fraction of sp³-hybridized carbons (Fsp3) is 0.500. The number of carbonyl (C=O) groups is 1. The normalized spacial score (nSPS) is 10.0. The molecule has 0 radical (unpaired) electrons. The van der Waals surface area contributed by atoms with Crippen LogP contribution in [0.3, 0.4) is 0 Å². The number of hydrogen-bond acceptors (Lipinski definition) is 3. The second-order valence-electron chi connectivity index (χ2n) is 4.16. The SMILES string of the molecule is CCCNC(=O)Cc1cc(OC)c(C)cc1OC. The van der Waals surface area contributed by atoms with Crippen LogP contribution >= 0.6 is 0 Å². The van der Waals surface area contributed by atoms with Crippen LogP contribution in [0.4, 0.5) is 0 Å². The smallest absolute Gasteiger partial charge is 0.224 e. The van der Waals surface area contributed by atoms with Crippen molar-refractivity contribution in [2.45, 2.75) is 26.7 Å². The highest BCUT2D eigenvalue weighted by molar-refractivity contribution is 5.79. The molecule has 1 rings (SSSR count). The number of carbonyl (C=O) groups excluding carboxylic acids is 1. The van der Waals surface area contributed by atoms with E-state index in [1.807, 2.05) is 26.0 Å². The number of benzene rings is 1. The van der Waals surface area contributed by atoms with Crippen LogP contribution in [-0.2, 0) is 11.2 Å². The Morgan fingerprint density at radius 3 is 2.44 bits per heavy atom. The zero-order valence-electron chi connectivity index (χ0n) is 11.5. The summed E-state index contributed by atoms with van der Waals surface area (Å²) in [6.45, 7) is 4.67. The summed E-state index contributed by atoms with van der Waals surface area (Å²) in [7, 11) is 3.23. The highest BCUT2D eigenvalue weighted by Gasteiger charge is 2.11. The van der Waals surface area contributed by atoms with Gasteiger partial charge in [-0.2, -0.15) is 0 Å². The molecule has 0 saturated carbocycles. The van der Waals surface area contributed by atoms with Crippen LogP contribution in [0.5, 0.6) is 11.5 Å². The van der Waals surface area contributed by atoms with E-state index >= 15 is 0 Å². The lowest BCUT2D eigenvalue weighted by atomic mass is 10.1. The standard InChI is InChI=1S/C14H21NO3/c1-5-6-15-14(16)9-11-8-12(17-3)10(2)7-13(11)18-4/h7-8H,5-6,9H2,1-4H3,(H,15,16). The Balaban J connectivity index is 2.89. The number of amides is 1. The second-order valence-corrected chi connectivity index (χ2v) is 4.16. The van der Waals surface area contributed by atoms with E-state index < -0.39 is 0 Å². The summed E-state index contributed by atoms with van der Waals surface area (Å²) in [4.78, 5) is 11.7. The Kier molecular flexibility index (Phi) is 5.49. The predicted molar refractivity (Wildman–Crippen MR) is 71.3 cm³/mol. The molecule has 0 atom stereocenters. The van der Waals surface area contributed by atoms with Gasteiger partial charge in [-0.25, -0.2) is 0 Å². The van der Waals surface area contributed by atoms with E-state index in [4.69, 9.17) is 9.47 Å². The first-order valence-corrected chi connectivity index (χ1v) is 6.10. The molecule has 0 fully saturated rings. The van der Waals surface area contributed by atoms with Crippen molar-refractivity contribution in [1.82, 2.24) is 5.32 Å². The molecule has 4 nitrogen and oxygen atoms in total. The van der Waals surface area contributed by atoms with E-state index in [-0.39, 0.29) is 5.91 Å². The van der Waals surface area contributed by atoms with Crippen molar-refractivity contribution in [1.29, 1.82) is 0 Å². The zero-order valence-corrected chi connectivity index (χ0v) is 11.5. The summed E-state index contributed by atoms with van der Waals surface area (Å²) in [5.74, 6) is 1.50. The molecular weight excluding hydrogens is 230 g/mol. The van der Waals surface area contributed by atoms with Gasteiger partial charge < -0.3 is 14.8 Å². The van der Waals surface area contributed by atoms with Gasteiger partial charge in [0.2, 0.25) is 5.91 Å². The molecule has 0 bridgehead atoms. The van der Waals surface area contributed by atoms with Gasteiger partial charge in [0.15, 0.2) is 0 Å². The maximum Gasteiger partial charge on any atom is 0.224 e.